The summed E-state index contributed by atoms with van der Waals surface area (Å²) in [5, 5.41) is 0. The van der Waals surface area contributed by atoms with E-state index in [9.17, 15) is 4.39 Å². The van der Waals surface area contributed by atoms with Gasteiger partial charge in [-0.1, -0.05) is 0 Å². The van der Waals surface area contributed by atoms with Crippen molar-refractivity contribution in [3.63, 3.8) is 0 Å². The second-order valence-corrected chi connectivity index (χ2v) is 1.00. The Kier molecular flexibility index (Phi) is 1.02. The third-order valence-electron chi connectivity index (χ3n) is 0.527. The first-order valence-electron chi connectivity index (χ1n) is 1.79. The van der Waals surface area contributed by atoms with Crippen LogP contribution < -0.4 is 0 Å². The summed E-state index contributed by atoms with van der Waals surface area (Å²) in [5.41, 5.74) is 0. The minimum Gasteiger partial charge on any atom is -0.227 e. The van der Waals surface area contributed by atoms with Crippen molar-refractivity contribution in [2.75, 3.05) is 0 Å². The fraction of sp³-hybridized carbons (Fsp3) is 0. The maximum atomic E-state index is 11.7. The molecule has 0 saturated heterocycles. The van der Waals surface area contributed by atoms with Crippen molar-refractivity contribution >= 4 is 0 Å². The predicted octanol–water partition coefficient (Wildman–Crippen LogP) is 0.821. The molecule has 1 heterocycles. The molecule has 34 valence electrons. The molecule has 0 fully saturated rings. The summed E-state index contributed by atoms with van der Waals surface area (Å²) >= 11 is 0. The molecule has 0 bridgehead atoms. The van der Waals surface area contributed by atoms with Gasteiger partial charge in [-0.25, -0.2) is 4.98 Å². The Morgan fingerprint density at radius 1 is 1.71 bits per heavy atom. The van der Waals surface area contributed by atoms with E-state index in [0.29, 0.717) is 0 Å². The van der Waals surface area contributed by atoms with E-state index in [1.807, 2.05) is 0 Å². The van der Waals surface area contributed by atoms with Crippen molar-refractivity contribution in [2.45, 2.75) is 0 Å². The normalized spacial score (nSPS) is 8.71. The van der Waals surface area contributed by atoms with E-state index in [0.717, 1.165) is 0 Å². The van der Waals surface area contributed by atoms with E-state index in [1.54, 1.807) is 0 Å². The van der Waals surface area contributed by atoms with E-state index < -0.39 is 5.95 Å². The molecule has 0 N–H and O–H groups in total. The smallest absolute Gasteiger partial charge is 0.220 e. The van der Waals surface area contributed by atoms with E-state index >= 15 is 0 Å². The summed E-state index contributed by atoms with van der Waals surface area (Å²) in [6.45, 7) is 0. The number of rotatable bonds is 0. The molecular weight excluding hydrogens is 93.1 g/mol. The van der Waals surface area contributed by atoms with Crippen LogP contribution in [0.25, 0.3) is 0 Å². The highest BCUT2D eigenvalue weighted by Gasteiger charge is 1.80. The highest BCUT2D eigenvalue weighted by Crippen LogP contribution is 1.83. The molecule has 0 aliphatic rings. The molecule has 1 aromatic rings. The second kappa shape index (κ2) is 1.69. The summed E-state index contributed by atoms with van der Waals surface area (Å²) in [5.74, 6) is -0.584. The van der Waals surface area contributed by atoms with Crippen LogP contribution in [-0.2, 0) is 0 Å². The van der Waals surface area contributed by atoms with Crippen LogP contribution in [0.2, 0.25) is 0 Å². The van der Waals surface area contributed by atoms with Gasteiger partial charge in [-0.05, 0) is 6.07 Å². The molecule has 0 aliphatic carbocycles. The second-order valence-electron chi connectivity index (χ2n) is 1.00. The SMILES string of the molecule is Fc1[c]c[c]cn1. The van der Waals surface area contributed by atoms with Crippen LogP contribution in [-0.4, -0.2) is 4.98 Å². The van der Waals surface area contributed by atoms with Gasteiger partial charge in [-0.15, -0.1) is 0 Å². The molecule has 0 amide bonds. The average Bonchev–Trinajstić information content (AvgIpc) is 1.69. The average molecular weight is 95.1 g/mol. The lowest BCUT2D eigenvalue weighted by Gasteiger charge is -1.76. The Bertz CT molecular complexity index is 138. The molecule has 0 unspecified atom stereocenters. The largest absolute Gasteiger partial charge is 0.227 e. The van der Waals surface area contributed by atoms with Crippen molar-refractivity contribution in [1.82, 2.24) is 4.98 Å². The van der Waals surface area contributed by atoms with Crippen molar-refractivity contribution < 1.29 is 4.39 Å². The van der Waals surface area contributed by atoms with Gasteiger partial charge in [-0.3, -0.25) is 0 Å². The van der Waals surface area contributed by atoms with E-state index in [-0.39, 0.29) is 0 Å². The van der Waals surface area contributed by atoms with Gasteiger partial charge in [0.2, 0.25) is 5.95 Å². The van der Waals surface area contributed by atoms with E-state index in [1.165, 1.54) is 12.3 Å². The molecule has 1 rings (SSSR count). The Morgan fingerprint density at radius 2 is 2.57 bits per heavy atom. The van der Waals surface area contributed by atoms with Crippen LogP contribution in [0.15, 0.2) is 12.3 Å². The molecule has 2 heteroatoms. The van der Waals surface area contributed by atoms with Crippen molar-refractivity contribution in [3.8, 4) is 0 Å². The van der Waals surface area contributed by atoms with Gasteiger partial charge in [-0.2, -0.15) is 4.39 Å². The molecule has 0 saturated carbocycles. The number of aromatic nitrogens is 1. The summed E-state index contributed by atoms with van der Waals surface area (Å²) in [7, 11) is 0. The number of hydrogen-bond donors (Lipinski definition) is 0. The van der Waals surface area contributed by atoms with Crippen LogP contribution in [0, 0.1) is 18.1 Å². The molecule has 0 spiro atoms. The van der Waals surface area contributed by atoms with Gasteiger partial charge in [0.15, 0.2) is 0 Å². The minimum atomic E-state index is -0.584. The van der Waals surface area contributed by atoms with Gasteiger partial charge in [0.1, 0.15) is 0 Å². The zero-order chi connectivity index (χ0) is 5.11. The minimum absolute atomic E-state index is 0.584. The first-order valence-corrected chi connectivity index (χ1v) is 1.79. The number of nitrogens with zero attached hydrogens (tertiary/aromatic N) is 1. The van der Waals surface area contributed by atoms with Gasteiger partial charge < -0.3 is 0 Å². The topological polar surface area (TPSA) is 12.9 Å². The Morgan fingerprint density at radius 3 is 2.86 bits per heavy atom. The highest BCUT2D eigenvalue weighted by molar-refractivity contribution is 4.86. The van der Waals surface area contributed by atoms with Crippen molar-refractivity contribution in [2.24, 2.45) is 0 Å². The highest BCUT2D eigenvalue weighted by atomic mass is 19.1. The fourth-order valence-electron chi connectivity index (χ4n) is 0.270. The Hall–Kier alpha value is -0.920. The summed E-state index contributed by atoms with van der Waals surface area (Å²) in [6, 6.07) is 6.07. The lowest BCUT2D eigenvalue weighted by atomic mass is 10.5. The standard InChI is InChI=1S/C5H2FN/c6-5-3-1-2-4-7-5/h1,4H. The van der Waals surface area contributed by atoms with Gasteiger partial charge in [0, 0.05) is 18.3 Å². The lowest BCUT2D eigenvalue weighted by Crippen LogP contribution is -1.75. The molecule has 0 aliphatic heterocycles. The maximum Gasteiger partial charge on any atom is 0.220 e. The fourth-order valence-corrected chi connectivity index (χ4v) is 0.270. The monoisotopic (exact) mass is 95.0 g/mol. The molecule has 0 aromatic carbocycles. The molecule has 1 nitrogen and oxygen atoms in total. The molecule has 7 heavy (non-hydrogen) atoms. The van der Waals surface area contributed by atoms with Crippen LogP contribution in [0.5, 0.6) is 0 Å². The quantitative estimate of drug-likeness (QED) is 0.435. The summed E-state index contributed by atoms with van der Waals surface area (Å²) in [4.78, 5) is 3.20. The lowest BCUT2D eigenvalue weighted by molar-refractivity contribution is 0.581. The Balaban J connectivity index is 3.02. The molecular formula is C5H2FN. The molecule has 2 radical (unpaired) electrons. The number of pyridine rings is 1. The molecule has 1 aromatic heterocycles. The van der Waals surface area contributed by atoms with Gasteiger partial charge >= 0.3 is 0 Å². The van der Waals surface area contributed by atoms with E-state index in [2.05, 4.69) is 17.1 Å². The zero-order valence-electron chi connectivity index (χ0n) is 3.48. The van der Waals surface area contributed by atoms with Crippen molar-refractivity contribution in [3.05, 3.63) is 30.3 Å². The van der Waals surface area contributed by atoms with Gasteiger partial charge in [0.05, 0.1) is 0 Å². The first-order chi connectivity index (χ1) is 3.39. The summed E-state index contributed by atoms with van der Waals surface area (Å²) < 4.78 is 11.7. The number of hydrogen-bond acceptors (Lipinski definition) is 1. The van der Waals surface area contributed by atoms with Crippen LogP contribution in [0.4, 0.5) is 4.39 Å². The third-order valence-corrected chi connectivity index (χ3v) is 0.527. The van der Waals surface area contributed by atoms with Crippen LogP contribution >= 0.6 is 0 Å². The predicted molar refractivity (Wildman–Crippen MR) is 21.9 cm³/mol. The zero-order valence-corrected chi connectivity index (χ0v) is 3.48. The van der Waals surface area contributed by atoms with Crippen molar-refractivity contribution in [1.29, 1.82) is 0 Å². The summed E-state index contributed by atoms with van der Waals surface area (Å²) in [6.07, 6.45) is 1.26. The van der Waals surface area contributed by atoms with Crippen LogP contribution in [0.3, 0.4) is 0 Å². The third kappa shape index (κ3) is 0.961. The number of halogens is 1. The van der Waals surface area contributed by atoms with Gasteiger partial charge in [0.25, 0.3) is 0 Å². The molecule has 0 atom stereocenters. The van der Waals surface area contributed by atoms with Crippen LogP contribution in [0.1, 0.15) is 0 Å². The maximum absolute atomic E-state index is 11.7. The first kappa shape index (κ1) is 4.24. The Labute approximate surface area is 40.8 Å². The van der Waals surface area contributed by atoms with E-state index in [4.69, 9.17) is 0 Å².